The third-order valence-corrected chi connectivity index (χ3v) is 4.28. The molecular formula is C22H21NO4. The number of carbonyl (C=O) groups is 2. The molecule has 0 atom stereocenters. The molecule has 1 aliphatic rings. The van der Waals surface area contributed by atoms with Crippen molar-refractivity contribution in [2.24, 2.45) is 0 Å². The molecule has 3 rings (SSSR count). The van der Waals surface area contributed by atoms with Gasteiger partial charge in [0.1, 0.15) is 0 Å². The van der Waals surface area contributed by atoms with Crippen LogP contribution in [0.15, 0.2) is 72.0 Å². The molecule has 0 radical (unpaired) electrons. The molecule has 1 aliphatic heterocycles. The zero-order chi connectivity index (χ0) is 19.2. The topological polar surface area (TPSA) is 64.6 Å². The fraction of sp³-hybridized carbons (Fsp3) is 0.182. The number of rotatable bonds is 5. The third-order valence-electron chi connectivity index (χ3n) is 4.28. The molecule has 0 bridgehead atoms. The van der Waals surface area contributed by atoms with Crippen LogP contribution >= 0.6 is 0 Å². The molecule has 1 heterocycles. The summed E-state index contributed by atoms with van der Waals surface area (Å²) >= 11 is 0. The van der Waals surface area contributed by atoms with E-state index in [1.54, 1.807) is 6.92 Å². The minimum Gasteiger partial charge on any atom is -0.491 e. The fourth-order valence-corrected chi connectivity index (χ4v) is 3.06. The summed E-state index contributed by atoms with van der Waals surface area (Å²) in [7, 11) is 1.38. The first-order chi connectivity index (χ1) is 13.2. The lowest BCUT2D eigenvalue weighted by Gasteiger charge is -2.15. The smallest absolute Gasteiger partial charge is 0.338 e. The van der Waals surface area contributed by atoms with E-state index in [1.807, 2.05) is 60.7 Å². The van der Waals surface area contributed by atoms with Gasteiger partial charge in [-0.25, -0.2) is 4.79 Å². The Balaban J connectivity index is 2.20. The largest absolute Gasteiger partial charge is 0.491 e. The van der Waals surface area contributed by atoms with E-state index in [9.17, 15) is 9.59 Å². The molecule has 0 saturated heterocycles. The maximum Gasteiger partial charge on any atom is 0.338 e. The Morgan fingerprint density at radius 3 is 2.15 bits per heavy atom. The van der Waals surface area contributed by atoms with Crippen molar-refractivity contribution in [2.75, 3.05) is 13.7 Å². The number of hydrogen-bond donors (Lipinski definition) is 1. The monoisotopic (exact) mass is 363 g/mol. The van der Waals surface area contributed by atoms with Gasteiger partial charge in [0.25, 0.3) is 5.91 Å². The van der Waals surface area contributed by atoms with Gasteiger partial charge in [-0.05, 0) is 23.6 Å². The van der Waals surface area contributed by atoms with Gasteiger partial charge in [-0.2, -0.15) is 0 Å². The number of amides is 1. The minimum absolute atomic E-state index is 0.0205. The lowest BCUT2D eigenvalue weighted by molar-refractivity contribution is -0.139. The second-order valence-corrected chi connectivity index (χ2v) is 5.95. The SMILES string of the molecule is CCOC(=O)C1=C(OC)C(=O)NC(c2ccccc2)=C(c2ccccc2)C1. The molecule has 0 unspecified atom stereocenters. The van der Waals surface area contributed by atoms with E-state index >= 15 is 0 Å². The van der Waals surface area contributed by atoms with Crippen molar-refractivity contribution in [1.82, 2.24) is 5.32 Å². The van der Waals surface area contributed by atoms with Crippen molar-refractivity contribution in [3.63, 3.8) is 0 Å². The molecule has 138 valence electrons. The number of esters is 1. The molecular weight excluding hydrogens is 342 g/mol. The molecule has 0 fully saturated rings. The number of hydrogen-bond acceptors (Lipinski definition) is 4. The average Bonchev–Trinajstić information content (AvgIpc) is 2.85. The highest BCUT2D eigenvalue weighted by molar-refractivity contribution is 6.11. The van der Waals surface area contributed by atoms with E-state index < -0.39 is 11.9 Å². The normalized spacial score (nSPS) is 14.5. The number of allylic oxidation sites excluding steroid dienone is 1. The maximum atomic E-state index is 12.8. The Bertz CT molecular complexity index is 898. The van der Waals surface area contributed by atoms with Crippen LogP contribution in [-0.4, -0.2) is 25.6 Å². The van der Waals surface area contributed by atoms with E-state index in [0.29, 0.717) is 5.70 Å². The van der Waals surface area contributed by atoms with Crippen molar-refractivity contribution in [2.45, 2.75) is 13.3 Å². The van der Waals surface area contributed by atoms with Gasteiger partial charge >= 0.3 is 5.97 Å². The van der Waals surface area contributed by atoms with E-state index in [4.69, 9.17) is 9.47 Å². The third kappa shape index (κ3) is 3.92. The van der Waals surface area contributed by atoms with Crippen LogP contribution in [-0.2, 0) is 19.1 Å². The Morgan fingerprint density at radius 1 is 1.00 bits per heavy atom. The van der Waals surface area contributed by atoms with Crippen molar-refractivity contribution in [3.8, 4) is 0 Å². The molecule has 2 aromatic carbocycles. The first-order valence-corrected chi connectivity index (χ1v) is 8.75. The molecule has 5 nitrogen and oxygen atoms in total. The van der Waals surface area contributed by atoms with Gasteiger partial charge in [-0.3, -0.25) is 4.79 Å². The van der Waals surface area contributed by atoms with Crippen molar-refractivity contribution >= 4 is 23.1 Å². The number of nitrogens with one attached hydrogen (secondary N) is 1. The Labute approximate surface area is 158 Å². The molecule has 0 aliphatic carbocycles. The Kier molecular flexibility index (Phi) is 5.71. The average molecular weight is 363 g/mol. The van der Waals surface area contributed by atoms with Crippen molar-refractivity contribution in [3.05, 3.63) is 83.1 Å². The highest BCUT2D eigenvalue weighted by Crippen LogP contribution is 2.34. The molecule has 0 aromatic heterocycles. The molecule has 1 N–H and O–H groups in total. The van der Waals surface area contributed by atoms with Crippen LogP contribution in [0.1, 0.15) is 24.5 Å². The van der Waals surface area contributed by atoms with Crippen LogP contribution in [0, 0.1) is 0 Å². The molecule has 5 heteroatoms. The Morgan fingerprint density at radius 2 is 1.59 bits per heavy atom. The zero-order valence-corrected chi connectivity index (χ0v) is 15.3. The quantitative estimate of drug-likeness (QED) is 0.826. The lowest BCUT2D eigenvalue weighted by atomic mass is 9.94. The van der Waals surface area contributed by atoms with Crippen LogP contribution in [0.25, 0.3) is 11.3 Å². The number of carbonyl (C=O) groups excluding carboxylic acids is 2. The van der Waals surface area contributed by atoms with Crippen molar-refractivity contribution < 1.29 is 19.1 Å². The van der Waals surface area contributed by atoms with Gasteiger partial charge in [0.15, 0.2) is 5.76 Å². The zero-order valence-electron chi connectivity index (χ0n) is 15.3. The summed E-state index contributed by atoms with van der Waals surface area (Å²) in [4.78, 5) is 25.3. The summed E-state index contributed by atoms with van der Waals surface area (Å²) in [5.41, 5.74) is 3.45. The van der Waals surface area contributed by atoms with Crippen molar-refractivity contribution in [1.29, 1.82) is 0 Å². The number of ether oxygens (including phenoxy) is 2. The molecule has 1 amide bonds. The fourth-order valence-electron chi connectivity index (χ4n) is 3.06. The summed E-state index contributed by atoms with van der Waals surface area (Å²) in [6.45, 7) is 1.95. The van der Waals surface area contributed by atoms with Gasteiger partial charge < -0.3 is 14.8 Å². The maximum absolute atomic E-state index is 12.8. The summed E-state index contributed by atoms with van der Waals surface area (Å²) in [6, 6.07) is 19.2. The molecule has 2 aromatic rings. The summed E-state index contributed by atoms with van der Waals surface area (Å²) < 4.78 is 10.4. The van der Waals surface area contributed by atoms with Crippen LogP contribution in [0.4, 0.5) is 0 Å². The summed E-state index contributed by atoms with van der Waals surface area (Å²) in [5, 5.41) is 2.92. The highest BCUT2D eigenvalue weighted by Gasteiger charge is 2.30. The predicted octanol–water partition coefficient (Wildman–Crippen LogP) is 3.54. The van der Waals surface area contributed by atoms with Crippen LogP contribution < -0.4 is 5.32 Å². The van der Waals surface area contributed by atoms with E-state index in [1.165, 1.54) is 7.11 Å². The summed E-state index contributed by atoms with van der Waals surface area (Å²) in [6.07, 6.45) is 0.217. The van der Waals surface area contributed by atoms with Gasteiger partial charge in [0.2, 0.25) is 0 Å². The van der Waals surface area contributed by atoms with Gasteiger partial charge in [-0.1, -0.05) is 60.7 Å². The van der Waals surface area contributed by atoms with Gasteiger partial charge in [0.05, 0.1) is 25.0 Å². The predicted molar refractivity (Wildman–Crippen MR) is 103 cm³/mol. The lowest BCUT2D eigenvalue weighted by Crippen LogP contribution is -2.25. The van der Waals surface area contributed by atoms with Crippen LogP contribution in [0.3, 0.4) is 0 Å². The van der Waals surface area contributed by atoms with E-state index in [2.05, 4.69) is 5.32 Å². The Hall–Kier alpha value is -3.34. The number of methoxy groups -OCH3 is 1. The van der Waals surface area contributed by atoms with Crippen LogP contribution in [0.2, 0.25) is 0 Å². The van der Waals surface area contributed by atoms with Crippen LogP contribution in [0.5, 0.6) is 0 Å². The number of benzene rings is 2. The second-order valence-electron chi connectivity index (χ2n) is 5.95. The van der Waals surface area contributed by atoms with E-state index in [-0.39, 0.29) is 24.4 Å². The van der Waals surface area contributed by atoms with E-state index in [0.717, 1.165) is 16.7 Å². The summed E-state index contributed by atoms with van der Waals surface area (Å²) in [5.74, 6) is -1.04. The second kappa shape index (κ2) is 8.36. The molecule has 27 heavy (non-hydrogen) atoms. The minimum atomic E-state index is -0.549. The molecule has 0 saturated carbocycles. The highest BCUT2D eigenvalue weighted by atomic mass is 16.5. The van der Waals surface area contributed by atoms with Gasteiger partial charge in [0, 0.05) is 6.42 Å². The first kappa shape index (κ1) is 18.5. The standard InChI is InChI=1S/C22H21NO4/c1-3-27-22(25)18-14-17(15-10-6-4-7-11-15)19(16-12-8-5-9-13-16)23-21(24)20(18)26-2/h4-13H,3,14H2,1-2H3,(H,23,24). The molecule has 0 spiro atoms. The van der Waals surface area contributed by atoms with Gasteiger partial charge in [-0.15, -0.1) is 0 Å². The first-order valence-electron chi connectivity index (χ1n) is 8.75.